The standard InChI is InChI=1S/C12H15N3O3/c16-12(14-17)9-3-8-1-2-15(10-6-18-7-10)5-11(8)13-4-9/h3-4,10,17H,1-2,5-7H2,(H,14,16). The molecule has 1 amide bonds. The maximum Gasteiger partial charge on any atom is 0.276 e. The van der Waals surface area contributed by atoms with E-state index in [1.807, 2.05) is 6.07 Å². The fourth-order valence-corrected chi connectivity index (χ4v) is 2.37. The summed E-state index contributed by atoms with van der Waals surface area (Å²) in [5, 5.41) is 8.60. The maximum atomic E-state index is 11.3. The van der Waals surface area contributed by atoms with Gasteiger partial charge in [-0.15, -0.1) is 0 Å². The molecular formula is C12H15N3O3. The number of rotatable bonds is 2. The van der Waals surface area contributed by atoms with E-state index in [-0.39, 0.29) is 0 Å². The van der Waals surface area contributed by atoms with Crippen LogP contribution in [0.15, 0.2) is 12.3 Å². The average molecular weight is 249 g/mol. The molecule has 1 fully saturated rings. The van der Waals surface area contributed by atoms with Crippen molar-refractivity contribution in [3.05, 3.63) is 29.1 Å². The molecular weight excluding hydrogens is 234 g/mol. The molecule has 2 aliphatic rings. The number of aromatic nitrogens is 1. The lowest BCUT2D eigenvalue weighted by atomic mass is 10.0. The summed E-state index contributed by atoms with van der Waals surface area (Å²) in [6.07, 6.45) is 2.39. The zero-order chi connectivity index (χ0) is 12.5. The zero-order valence-electron chi connectivity index (χ0n) is 9.93. The first-order valence-electron chi connectivity index (χ1n) is 6.02. The SMILES string of the molecule is O=C(NO)c1cnc2c(c1)CCN(C1COC1)C2. The Hall–Kier alpha value is -1.50. The van der Waals surface area contributed by atoms with E-state index in [4.69, 9.17) is 9.94 Å². The van der Waals surface area contributed by atoms with Gasteiger partial charge in [-0.25, -0.2) is 5.48 Å². The maximum absolute atomic E-state index is 11.3. The highest BCUT2D eigenvalue weighted by Crippen LogP contribution is 2.22. The van der Waals surface area contributed by atoms with Crippen LogP contribution >= 0.6 is 0 Å². The van der Waals surface area contributed by atoms with E-state index in [0.29, 0.717) is 11.6 Å². The van der Waals surface area contributed by atoms with E-state index < -0.39 is 5.91 Å². The van der Waals surface area contributed by atoms with Crippen LogP contribution in [0.25, 0.3) is 0 Å². The van der Waals surface area contributed by atoms with Crippen molar-refractivity contribution in [2.24, 2.45) is 0 Å². The molecule has 1 saturated heterocycles. The topological polar surface area (TPSA) is 74.7 Å². The number of hydrogen-bond acceptors (Lipinski definition) is 5. The third kappa shape index (κ3) is 1.98. The number of nitrogens with zero attached hydrogens (tertiary/aromatic N) is 2. The fraction of sp³-hybridized carbons (Fsp3) is 0.500. The van der Waals surface area contributed by atoms with Gasteiger partial charge in [0.15, 0.2) is 0 Å². The van der Waals surface area contributed by atoms with Crippen molar-refractivity contribution >= 4 is 5.91 Å². The highest BCUT2D eigenvalue weighted by Gasteiger charge is 2.29. The van der Waals surface area contributed by atoms with Gasteiger partial charge in [-0.3, -0.25) is 19.9 Å². The Bertz CT molecular complexity index is 474. The number of pyridine rings is 1. The molecule has 96 valence electrons. The third-order valence-corrected chi connectivity index (χ3v) is 3.58. The molecule has 0 unspecified atom stereocenters. The molecule has 0 bridgehead atoms. The summed E-state index contributed by atoms with van der Waals surface area (Å²) in [4.78, 5) is 18.0. The molecule has 2 aliphatic heterocycles. The van der Waals surface area contributed by atoms with Crippen LogP contribution in [0.3, 0.4) is 0 Å². The van der Waals surface area contributed by atoms with Gasteiger partial charge in [-0.1, -0.05) is 0 Å². The quantitative estimate of drug-likeness (QED) is 0.568. The lowest BCUT2D eigenvalue weighted by Gasteiger charge is -2.39. The molecule has 3 rings (SSSR count). The second kappa shape index (κ2) is 4.64. The molecule has 2 N–H and O–H groups in total. The van der Waals surface area contributed by atoms with Crippen molar-refractivity contribution < 1.29 is 14.7 Å². The largest absolute Gasteiger partial charge is 0.378 e. The van der Waals surface area contributed by atoms with Crippen molar-refractivity contribution in [1.82, 2.24) is 15.4 Å². The molecule has 1 aromatic rings. The zero-order valence-corrected chi connectivity index (χ0v) is 9.93. The first-order chi connectivity index (χ1) is 8.78. The number of nitrogens with one attached hydrogen (secondary N) is 1. The van der Waals surface area contributed by atoms with Gasteiger partial charge in [0.25, 0.3) is 5.91 Å². The van der Waals surface area contributed by atoms with Gasteiger partial charge in [0.05, 0.1) is 30.5 Å². The molecule has 0 saturated carbocycles. The Balaban J connectivity index is 1.78. The number of amides is 1. The molecule has 0 radical (unpaired) electrons. The molecule has 6 nitrogen and oxygen atoms in total. The van der Waals surface area contributed by atoms with Crippen molar-refractivity contribution in [1.29, 1.82) is 0 Å². The van der Waals surface area contributed by atoms with Gasteiger partial charge in [-0.2, -0.15) is 0 Å². The third-order valence-electron chi connectivity index (χ3n) is 3.58. The van der Waals surface area contributed by atoms with Crippen LogP contribution in [0.4, 0.5) is 0 Å². The molecule has 0 atom stereocenters. The van der Waals surface area contributed by atoms with Crippen molar-refractivity contribution in [2.45, 2.75) is 19.0 Å². The lowest BCUT2D eigenvalue weighted by molar-refractivity contribution is -0.0699. The van der Waals surface area contributed by atoms with Crippen LogP contribution in [-0.4, -0.2) is 46.8 Å². The number of hydrogen-bond donors (Lipinski definition) is 2. The number of fused-ring (bicyclic) bond motifs is 1. The summed E-state index contributed by atoms with van der Waals surface area (Å²) in [7, 11) is 0. The van der Waals surface area contributed by atoms with E-state index in [1.54, 1.807) is 5.48 Å². The van der Waals surface area contributed by atoms with Crippen LogP contribution in [0.2, 0.25) is 0 Å². The minimum atomic E-state index is -0.514. The van der Waals surface area contributed by atoms with Gasteiger partial charge in [0.1, 0.15) is 0 Å². The summed E-state index contributed by atoms with van der Waals surface area (Å²) in [6, 6.07) is 2.32. The molecule has 18 heavy (non-hydrogen) atoms. The van der Waals surface area contributed by atoms with E-state index in [1.165, 1.54) is 6.20 Å². The molecule has 6 heteroatoms. The molecule has 3 heterocycles. The Morgan fingerprint density at radius 1 is 1.56 bits per heavy atom. The molecule has 1 aromatic heterocycles. The summed E-state index contributed by atoms with van der Waals surface area (Å²) in [6.45, 7) is 3.39. The van der Waals surface area contributed by atoms with Gasteiger partial charge < -0.3 is 4.74 Å². The Morgan fingerprint density at radius 2 is 2.39 bits per heavy atom. The van der Waals surface area contributed by atoms with Crippen molar-refractivity contribution in [3.8, 4) is 0 Å². The average Bonchev–Trinajstić information content (AvgIpc) is 2.35. The first kappa shape index (κ1) is 11.6. The summed E-state index contributed by atoms with van der Waals surface area (Å²) >= 11 is 0. The second-order valence-corrected chi connectivity index (χ2v) is 4.68. The van der Waals surface area contributed by atoms with E-state index in [2.05, 4.69) is 9.88 Å². The smallest absolute Gasteiger partial charge is 0.276 e. The van der Waals surface area contributed by atoms with Crippen LogP contribution in [0.1, 0.15) is 21.6 Å². The van der Waals surface area contributed by atoms with E-state index in [9.17, 15) is 4.79 Å². The predicted molar refractivity (Wildman–Crippen MR) is 62.2 cm³/mol. The van der Waals surface area contributed by atoms with Crippen LogP contribution in [-0.2, 0) is 17.7 Å². The lowest BCUT2D eigenvalue weighted by Crippen LogP contribution is -2.50. The van der Waals surface area contributed by atoms with Crippen LogP contribution in [0, 0.1) is 0 Å². The number of ether oxygens (including phenoxy) is 1. The van der Waals surface area contributed by atoms with Gasteiger partial charge in [0, 0.05) is 19.3 Å². The molecule has 0 aromatic carbocycles. The number of carbonyl (C=O) groups excluding carboxylic acids is 1. The Kier molecular flexibility index (Phi) is 2.99. The van der Waals surface area contributed by atoms with E-state index in [0.717, 1.165) is 44.0 Å². The van der Waals surface area contributed by atoms with Crippen molar-refractivity contribution in [3.63, 3.8) is 0 Å². The van der Waals surface area contributed by atoms with Crippen LogP contribution in [0.5, 0.6) is 0 Å². The first-order valence-corrected chi connectivity index (χ1v) is 6.02. The predicted octanol–water partition coefficient (Wildman–Crippen LogP) is -0.0425. The summed E-state index contributed by atoms with van der Waals surface area (Å²) in [5.41, 5.74) is 4.13. The van der Waals surface area contributed by atoms with Gasteiger partial charge in [0.2, 0.25) is 0 Å². The minimum absolute atomic E-state index is 0.400. The minimum Gasteiger partial charge on any atom is -0.378 e. The van der Waals surface area contributed by atoms with Crippen LogP contribution < -0.4 is 5.48 Å². The number of hydroxylamine groups is 1. The Labute approximate surface area is 105 Å². The monoisotopic (exact) mass is 249 g/mol. The normalized spacial score (nSPS) is 20.1. The fourth-order valence-electron chi connectivity index (χ4n) is 2.37. The van der Waals surface area contributed by atoms with Gasteiger partial charge in [-0.05, 0) is 18.1 Å². The highest BCUT2D eigenvalue weighted by atomic mass is 16.5. The van der Waals surface area contributed by atoms with E-state index >= 15 is 0 Å². The summed E-state index contributed by atoms with van der Waals surface area (Å²) < 4.78 is 5.20. The van der Waals surface area contributed by atoms with Crippen molar-refractivity contribution in [2.75, 3.05) is 19.8 Å². The Morgan fingerprint density at radius 3 is 3.06 bits per heavy atom. The molecule has 0 aliphatic carbocycles. The summed E-state index contributed by atoms with van der Waals surface area (Å²) in [5.74, 6) is -0.514. The highest BCUT2D eigenvalue weighted by molar-refractivity contribution is 5.93. The molecule has 0 spiro atoms. The number of carbonyl (C=O) groups is 1. The second-order valence-electron chi connectivity index (χ2n) is 4.68. The van der Waals surface area contributed by atoms with Gasteiger partial charge >= 0.3 is 0 Å².